The summed E-state index contributed by atoms with van der Waals surface area (Å²) < 4.78 is 6.55. The largest absolute Gasteiger partial charge is 0.375 e. The van der Waals surface area contributed by atoms with Crippen LogP contribution in [0.15, 0.2) is 42.7 Å². The second-order valence-corrected chi connectivity index (χ2v) is 4.15. The number of rotatable bonds is 6. The predicted molar refractivity (Wildman–Crippen MR) is 72.2 cm³/mol. The molecule has 0 aliphatic rings. The molecule has 0 spiro atoms. The van der Waals surface area contributed by atoms with E-state index in [9.17, 15) is 4.79 Å². The van der Waals surface area contributed by atoms with Crippen LogP contribution in [0.1, 0.15) is 5.56 Å². The van der Waals surface area contributed by atoms with Gasteiger partial charge in [-0.25, -0.2) is 4.68 Å². The molecule has 0 saturated carbocycles. The predicted octanol–water partition coefficient (Wildman–Crippen LogP) is 1.18. The van der Waals surface area contributed by atoms with Gasteiger partial charge in [-0.15, -0.1) is 0 Å². The van der Waals surface area contributed by atoms with Gasteiger partial charge in [0.05, 0.1) is 5.69 Å². The van der Waals surface area contributed by atoms with Gasteiger partial charge in [0, 0.05) is 26.0 Å². The van der Waals surface area contributed by atoms with Crippen LogP contribution in [-0.4, -0.2) is 35.9 Å². The minimum absolute atomic E-state index is 0.0874. The molecule has 1 amide bonds. The summed E-state index contributed by atoms with van der Waals surface area (Å²) in [6.07, 6.45) is 4.45. The smallest absolute Gasteiger partial charge is 0.245 e. The van der Waals surface area contributed by atoms with E-state index < -0.39 is 0 Å². The van der Waals surface area contributed by atoms with Gasteiger partial charge in [0.2, 0.25) is 5.91 Å². The molecule has 1 N–H and O–H groups in total. The molecule has 0 fully saturated rings. The first-order chi connectivity index (χ1) is 9.29. The Morgan fingerprint density at radius 1 is 1.37 bits per heavy atom. The zero-order chi connectivity index (χ0) is 13.5. The Bertz CT molecular complexity index is 506. The fourth-order valence-corrected chi connectivity index (χ4v) is 1.77. The van der Waals surface area contributed by atoms with Crippen LogP contribution in [0.4, 0.5) is 0 Å². The quantitative estimate of drug-likeness (QED) is 0.847. The lowest BCUT2D eigenvalue weighted by Crippen LogP contribution is -2.28. The van der Waals surface area contributed by atoms with Crippen LogP contribution in [0, 0.1) is 0 Å². The lowest BCUT2D eigenvalue weighted by molar-refractivity contribution is -0.124. The number of benzene rings is 1. The third kappa shape index (κ3) is 3.93. The van der Waals surface area contributed by atoms with Gasteiger partial charge in [0.1, 0.15) is 6.61 Å². The maximum atomic E-state index is 11.2. The van der Waals surface area contributed by atoms with Crippen molar-refractivity contribution in [2.24, 2.45) is 0 Å². The second kappa shape index (κ2) is 6.70. The number of nitrogens with one attached hydrogen (secondary N) is 1. The number of hydrogen-bond acceptors (Lipinski definition) is 3. The second-order valence-electron chi connectivity index (χ2n) is 4.15. The molecule has 0 bridgehead atoms. The normalized spacial score (nSPS) is 10.4. The highest BCUT2D eigenvalue weighted by Crippen LogP contribution is 2.08. The number of carbonyl (C=O) groups is 1. The van der Waals surface area contributed by atoms with Crippen molar-refractivity contribution in [2.45, 2.75) is 6.42 Å². The summed E-state index contributed by atoms with van der Waals surface area (Å²) in [5.41, 5.74) is 2.20. The molecule has 0 aliphatic carbocycles. The Balaban J connectivity index is 1.84. The van der Waals surface area contributed by atoms with E-state index in [1.807, 2.05) is 41.2 Å². The summed E-state index contributed by atoms with van der Waals surface area (Å²) in [5, 5.41) is 6.96. The summed E-state index contributed by atoms with van der Waals surface area (Å²) in [6, 6.07) is 10.00. The van der Waals surface area contributed by atoms with Crippen molar-refractivity contribution in [1.29, 1.82) is 0 Å². The molecule has 0 unspecified atom stereocenters. The first kappa shape index (κ1) is 13.3. The van der Waals surface area contributed by atoms with Gasteiger partial charge >= 0.3 is 0 Å². The molecular weight excluding hydrogens is 242 g/mol. The summed E-state index contributed by atoms with van der Waals surface area (Å²) in [6.45, 7) is 0.724. The van der Waals surface area contributed by atoms with Crippen LogP contribution < -0.4 is 5.32 Å². The number of hydrogen-bond donors (Lipinski definition) is 1. The third-order valence-electron chi connectivity index (χ3n) is 2.72. The van der Waals surface area contributed by atoms with Crippen molar-refractivity contribution in [3.63, 3.8) is 0 Å². The Kier molecular flexibility index (Phi) is 4.69. The van der Waals surface area contributed by atoms with Gasteiger partial charge in [-0.3, -0.25) is 4.79 Å². The Hall–Kier alpha value is -2.14. The summed E-state index contributed by atoms with van der Waals surface area (Å²) >= 11 is 0. The Morgan fingerprint density at radius 3 is 2.79 bits per heavy atom. The molecule has 100 valence electrons. The average Bonchev–Trinajstić information content (AvgIpc) is 2.94. The van der Waals surface area contributed by atoms with Crippen LogP contribution in [0.25, 0.3) is 5.69 Å². The number of amides is 1. The molecular formula is C14H17N3O2. The number of aromatic nitrogens is 2. The molecule has 1 aromatic heterocycles. The van der Waals surface area contributed by atoms with Crippen LogP contribution in [0.5, 0.6) is 0 Å². The SMILES string of the molecule is COCC(=O)NCCc1ccc(-n2cccn2)cc1. The van der Waals surface area contributed by atoms with E-state index in [2.05, 4.69) is 10.4 Å². The fourth-order valence-electron chi connectivity index (χ4n) is 1.77. The number of methoxy groups -OCH3 is 1. The molecule has 5 nitrogen and oxygen atoms in total. The topological polar surface area (TPSA) is 56.1 Å². The van der Waals surface area contributed by atoms with Crippen LogP contribution in [-0.2, 0) is 16.0 Å². The van der Waals surface area contributed by atoms with Crippen LogP contribution >= 0.6 is 0 Å². The van der Waals surface area contributed by atoms with Crippen molar-refractivity contribution >= 4 is 5.91 Å². The lowest BCUT2D eigenvalue weighted by atomic mass is 10.1. The lowest BCUT2D eigenvalue weighted by Gasteiger charge is -2.06. The first-order valence-electron chi connectivity index (χ1n) is 6.14. The monoisotopic (exact) mass is 259 g/mol. The van der Waals surface area contributed by atoms with Crippen molar-refractivity contribution in [1.82, 2.24) is 15.1 Å². The van der Waals surface area contributed by atoms with Crippen molar-refractivity contribution in [2.75, 3.05) is 20.3 Å². The molecule has 0 atom stereocenters. The van der Waals surface area contributed by atoms with Crippen LogP contribution in [0.3, 0.4) is 0 Å². The number of nitrogens with zero attached hydrogens (tertiary/aromatic N) is 2. The zero-order valence-electron chi connectivity index (χ0n) is 10.9. The first-order valence-corrected chi connectivity index (χ1v) is 6.14. The maximum absolute atomic E-state index is 11.2. The fraction of sp³-hybridized carbons (Fsp3) is 0.286. The molecule has 0 saturated heterocycles. The molecule has 2 aromatic rings. The maximum Gasteiger partial charge on any atom is 0.245 e. The average molecular weight is 259 g/mol. The van der Waals surface area contributed by atoms with E-state index in [0.717, 1.165) is 12.1 Å². The zero-order valence-corrected chi connectivity index (χ0v) is 10.9. The van der Waals surface area contributed by atoms with E-state index in [1.165, 1.54) is 12.7 Å². The highest BCUT2D eigenvalue weighted by atomic mass is 16.5. The third-order valence-corrected chi connectivity index (χ3v) is 2.72. The van der Waals surface area contributed by atoms with Gasteiger partial charge < -0.3 is 10.1 Å². The minimum Gasteiger partial charge on any atom is -0.375 e. The number of carbonyl (C=O) groups excluding carboxylic acids is 1. The molecule has 2 rings (SSSR count). The van der Waals surface area contributed by atoms with E-state index in [-0.39, 0.29) is 12.5 Å². The summed E-state index contributed by atoms with van der Waals surface area (Å²) in [7, 11) is 1.51. The summed E-state index contributed by atoms with van der Waals surface area (Å²) in [4.78, 5) is 11.2. The van der Waals surface area contributed by atoms with Gasteiger partial charge in [0.15, 0.2) is 0 Å². The summed E-state index contributed by atoms with van der Waals surface area (Å²) in [5.74, 6) is -0.0874. The van der Waals surface area contributed by atoms with Crippen molar-refractivity contribution < 1.29 is 9.53 Å². The van der Waals surface area contributed by atoms with Crippen molar-refractivity contribution in [3.05, 3.63) is 48.3 Å². The molecule has 19 heavy (non-hydrogen) atoms. The van der Waals surface area contributed by atoms with Gasteiger partial charge in [-0.2, -0.15) is 5.10 Å². The van der Waals surface area contributed by atoms with E-state index in [1.54, 1.807) is 6.20 Å². The van der Waals surface area contributed by atoms with E-state index in [0.29, 0.717) is 6.54 Å². The Morgan fingerprint density at radius 2 is 2.16 bits per heavy atom. The van der Waals surface area contributed by atoms with Gasteiger partial charge in [-0.1, -0.05) is 12.1 Å². The molecule has 5 heteroatoms. The number of ether oxygens (including phenoxy) is 1. The minimum atomic E-state index is -0.0874. The highest BCUT2D eigenvalue weighted by molar-refractivity contribution is 5.77. The van der Waals surface area contributed by atoms with E-state index >= 15 is 0 Å². The molecule has 0 radical (unpaired) electrons. The van der Waals surface area contributed by atoms with Crippen LogP contribution in [0.2, 0.25) is 0 Å². The van der Waals surface area contributed by atoms with E-state index in [4.69, 9.17) is 4.74 Å². The molecule has 1 aromatic carbocycles. The van der Waals surface area contributed by atoms with Gasteiger partial charge in [0.25, 0.3) is 0 Å². The standard InChI is InChI=1S/C14H17N3O2/c1-19-11-14(18)15-9-7-12-3-5-13(6-4-12)17-10-2-8-16-17/h2-6,8,10H,7,9,11H2,1H3,(H,15,18). The Labute approximate surface area is 112 Å². The molecule has 0 aliphatic heterocycles. The highest BCUT2D eigenvalue weighted by Gasteiger charge is 2.00. The molecule has 1 heterocycles. The van der Waals surface area contributed by atoms with Gasteiger partial charge in [-0.05, 0) is 30.2 Å². The van der Waals surface area contributed by atoms with Crippen molar-refractivity contribution in [3.8, 4) is 5.69 Å².